The molecule has 1 aromatic heterocycles. The van der Waals surface area contributed by atoms with Crippen LogP contribution >= 0.6 is 0 Å². The fourth-order valence-electron chi connectivity index (χ4n) is 2.87. The number of aromatic nitrogens is 2. The van der Waals surface area contributed by atoms with Gasteiger partial charge >= 0.3 is 5.69 Å². The van der Waals surface area contributed by atoms with E-state index in [-0.39, 0.29) is 12.5 Å². The smallest absolute Gasteiger partial charge is 0.328 e. The largest absolute Gasteiger partial charge is 0.388 e. The lowest BCUT2D eigenvalue weighted by molar-refractivity contribution is -0.138. The van der Waals surface area contributed by atoms with Gasteiger partial charge in [-0.25, -0.2) is 4.79 Å². The van der Waals surface area contributed by atoms with Crippen molar-refractivity contribution in [2.75, 3.05) is 19.6 Å². The Balaban J connectivity index is 2.31. The zero-order valence-corrected chi connectivity index (χ0v) is 13.5. The van der Waals surface area contributed by atoms with Gasteiger partial charge in [-0.15, -0.1) is 0 Å². The highest BCUT2D eigenvalue weighted by molar-refractivity contribution is 5.76. The highest BCUT2D eigenvalue weighted by Gasteiger charge is 2.40. The Bertz CT molecular complexity index is 691. The molecule has 0 spiro atoms. The van der Waals surface area contributed by atoms with Crippen LogP contribution < -0.4 is 17.0 Å². The first-order valence-corrected chi connectivity index (χ1v) is 7.78. The normalized spacial score (nSPS) is 24.7. The summed E-state index contributed by atoms with van der Waals surface area (Å²) in [5.41, 5.74) is 3.64. The van der Waals surface area contributed by atoms with Crippen molar-refractivity contribution in [2.45, 2.75) is 44.8 Å². The van der Waals surface area contributed by atoms with Crippen LogP contribution in [0.25, 0.3) is 0 Å². The minimum atomic E-state index is -1.14. The van der Waals surface area contributed by atoms with Gasteiger partial charge in [0.25, 0.3) is 5.56 Å². The summed E-state index contributed by atoms with van der Waals surface area (Å²) in [6.45, 7) is 4.34. The first-order chi connectivity index (χ1) is 10.8. The lowest BCUT2D eigenvalue weighted by Gasteiger charge is -2.43. The predicted molar refractivity (Wildman–Crippen MR) is 85.2 cm³/mol. The van der Waals surface area contributed by atoms with Gasteiger partial charge in [0.1, 0.15) is 0 Å². The Labute approximate surface area is 133 Å². The fraction of sp³-hybridized carbons (Fsp3) is 0.667. The summed E-state index contributed by atoms with van der Waals surface area (Å²) < 4.78 is 1.32. The van der Waals surface area contributed by atoms with Gasteiger partial charge in [-0.1, -0.05) is 0 Å². The van der Waals surface area contributed by atoms with Crippen molar-refractivity contribution in [1.82, 2.24) is 14.5 Å². The molecule has 1 aromatic rings. The third kappa shape index (κ3) is 3.70. The number of nitrogens with two attached hydrogens (primary N) is 1. The summed E-state index contributed by atoms with van der Waals surface area (Å²) >= 11 is 0. The molecule has 2 rings (SSSR count). The van der Waals surface area contributed by atoms with Crippen LogP contribution in [0.2, 0.25) is 0 Å². The van der Waals surface area contributed by atoms with E-state index in [1.54, 1.807) is 18.7 Å². The molecule has 1 fully saturated rings. The van der Waals surface area contributed by atoms with Crippen LogP contribution in [0.3, 0.4) is 0 Å². The number of carbonyl (C=O) groups excluding carboxylic acids is 1. The summed E-state index contributed by atoms with van der Waals surface area (Å²) in [6.07, 6.45) is 2.75. The standard InChI is InChI=1S/C15H24N4O4/c1-10-8-19(14(22)17-13(10)21)11-9-18(7-5-15(11,2)23)12(20)4-3-6-16/h8,11,23H,3-7,9,16H2,1-2H3,(H,17,21,22)/t11-,15-/m1/s1. The molecule has 1 saturated heterocycles. The summed E-state index contributed by atoms with van der Waals surface area (Å²) in [7, 11) is 0. The molecule has 0 saturated carbocycles. The van der Waals surface area contributed by atoms with Gasteiger partial charge in [0.2, 0.25) is 5.91 Å². The van der Waals surface area contributed by atoms with Crippen LogP contribution in [0.5, 0.6) is 0 Å². The van der Waals surface area contributed by atoms with E-state index in [0.717, 1.165) is 0 Å². The van der Waals surface area contributed by atoms with Crippen LogP contribution in [0, 0.1) is 6.92 Å². The Morgan fingerprint density at radius 2 is 2.22 bits per heavy atom. The Kier molecular flexibility index (Phi) is 5.06. The van der Waals surface area contributed by atoms with Gasteiger partial charge < -0.3 is 15.7 Å². The number of hydrogen-bond donors (Lipinski definition) is 3. The van der Waals surface area contributed by atoms with Crippen molar-refractivity contribution in [3.63, 3.8) is 0 Å². The first kappa shape index (κ1) is 17.4. The van der Waals surface area contributed by atoms with E-state index in [2.05, 4.69) is 4.98 Å². The van der Waals surface area contributed by atoms with Crippen LogP contribution in [0.1, 0.15) is 37.8 Å². The maximum absolute atomic E-state index is 12.2. The molecule has 8 nitrogen and oxygen atoms in total. The average molecular weight is 324 g/mol. The van der Waals surface area contributed by atoms with E-state index in [0.29, 0.717) is 37.9 Å². The molecule has 1 aliphatic rings. The highest BCUT2D eigenvalue weighted by Crippen LogP contribution is 2.31. The number of nitrogens with one attached hydrogen (secondary N) is 1. The predicted octanol–water partition coefficient (Wildman–Crippen LogP) is -0.892. The van der Waals surface area contributed by atoms with E-state index < -0.39 is 22.9 Å². The summed E-state index contributed by atoms with van der Waals surface area (Å²) in [6, 6.07) is -0.610. The van der Waals surface area contributed by atoms with Crippen molar-refractivity contribution in [1.29, 1.82) is 0 Å². The molecule has 128 valence electrons. The highest BCUT2D eigenvalue weighted by atomic mass is 16.3. The molecule has 2 heterocycles. The first-order valence-electron chi connectivity index (χ1n) is 7.78. The number of H-pyrrole nitrogens is 1. The van der Waals surface area contributed by atoms with Crippen molar-refractivity contribution >= 4 is 5.91 Å². The number of carbonyl (C=O) groups is 1. The van der Waals surface area contributed by atoms with E-state index in [1.807, 2.05) is 0 Å². The third-order valence-electron chi connectivity index (χ3n) is 4.43. The SMILES string of the molecule is Cc1cn([C@@H]2CN(C(=O)CCCN)CC[C@@]2(C)O)c(=O)[nH]c1=O. The van der Waals surface area contributed by atoms with E-state index >= 15 is 0 Å². The number of nitrogens with zero attached hydrogens (tertiary/aromatic N) is 2. The number of aromatic amines is 1. The molecule has 4 N–H and O–H groups in total. The zero-order chi connectivity index (χ0) is 17.2. The molecule has 23 heavy (non-hydrogen) atoms. The maximum Gasteiger partial charge on any atom is 0.328 e. The van der Waals surface area contributed by atoms with E-state index in [1.165, 1.54) is 10.8 Å². The van der Waals surface area contributed by atoms with Gasteiger partial charge in [-0.3, -0.25) is 19.1 Å². The lowest BCUT2D eigenvalue weighted by atomic mass is 9.88. The van der Waals surface area contributed by atoms with Crippen molar-refractivity contribution in [3.8, 4) is 0 Å². The Morgan fingerprint density at radius 3 is 2.87 bits per heavy atom. The molecule has 0 radical (unpaired) electrons. The monoisotopic (exact) mass is 324 g/mol. The number of amides is 1. The number of likely N-dealkylation sites (tertiary alicyclic amines) is 1. The quantitative estimate of drug-likeness (QED) is 0.663. The number of piperidine rings is 1. The number of aryl methyl sites for hydroxylation is 1. The maximum atomic E-state index is 12.2. The van der Waals surface area contributed by atoms with E-state index in [9.17, 15) is 19.5 Å². The third-order valence-corrected chi connectivity index (χ3v) is 4.43. The average Bonchev–Trinajstić information content (AvgIpc) is 2.48. The van der Waals surface area contributed by atoms with E-state index in [4.69, 9.17) is 5.73 Å². The van der Waals surface area contributed by atoms with Crippen LogP contribution in [0.15, 0.2) is 15.8 Å². The topological polar surface area (TPSA) is 121 Å². The zero-order valence-electron chi connectivity index (χ0n) is 13.5. The minimum absolute atomic E-state index is 0.0369. The van der Waals surface area contributed by atoms with Gasteiger partial charge in [0, 0.05) is 31.3 Å². The van der Waals surface area contributed by atoms with Gasteiger partial charge in [0.15, 0.2) is 0 Å². The van der Waals surface area contributed by atoms with Gasteiger partial charge in [-0.05, 0) is 33.2 Å². The molecule has 0 aliphatic carbocycles. The van der Waals surface area contributed by atoms with Gasteiger partial charge in [0.05, 0.1) is 11.6 Å². The van der Waals surface area contributed by atoms with Crippen molar-refractivity contribution < 1.29 is 9.90 Å². The Hall–Kier alpha value is -1.93. The molecule has 0 unspecified atom stereocenters. The molecule has 2 atom stereocenters. The van der Waals surface area contributed by atoms with Gasteiger partial charge in [-0.2, -0.15) is 0 Å². The molecular weight excluding hydrogens is 300 g/mol. The number of aliphatic hydroxyl groups is 1. The van der Waals surface area contributed by atoms with Crippen molar-refractivity contribution in [3.05, 3.63) is 32.6 Å². The number of rotatable bonds is 4. The molecule has 1 aliphatic heterocycles. The molecular formula is C15H24N4O4. The lowest BCUT2D eigenvalue weighted by Crippen LogP contribution is -2.55. The van der Waals surface area contributed by atoms with Crippen molar-refractivity contribution in [2.24, 2.45) is 5.73 Å². The summed E-state index contributed by atoms with van der Waals surface area (Å²) in [5, 5.41) is 10.6. The fourth-order valence-corrected chi connectivity index (χ4v) is 2.87. The molecule has 0 aromatic carbocycles. The second kappa shape index (κ2) is 6.67. The molecule has 1 amide bonds. The second-order valence-electron chi connectivity index (χ2n) is 6.33. The van der Waals surface area contributed by atoms with Crippen LogP contribution in [-0.2, 0) is 4.79 Å². The summed E-state index contributed by atoms with van der Waals surface area (Å²) in [4.78, 5) is 39.7. The van der Waals surface area contributed by atoms with Crippen LogP contribution in [0.4, 0.5) is 0 Å². The Morgan fingerprint density at radius 1 is 1.52 bits per heavy atom. The summed E-state index contributed by atoms with van der Waals surface area (Å²) in [5.74, 6) is -0.0369. The number of hydrogen-bond acceptors (Lipinski definition) is 5. The molecule has 8 heteroatoms. The van der Waals surface area contributed by atoms with Crippen LogP contribution in [-0.4, -0.2) is 50.7 Å². The molecule has 0 bridgehead atoms. The second-order valence-corrected chi connectivity index (χ2v) is 6.33. The minimum Gasteiger partial charge on any atom is -0.388 e.